The molecule has 0 amide bonds. The standard InChI is InChI=1S/C13H16F3NO2/c1-3-19-11(18)8-12(2,13(14,15)16)9-4-6-10(17)7-5-9/h4-7H,3,8,17H2,1-2H3. The number of hydrogen-bond donors (Lipinski definition) is 1. The Morgan fingerprint density at radius 3 is 2.21 bits per heavy atom. The number of alkyl halides is 3. The molecule has 0 fully saturated rings. The molecule has 19 heavy (non-hydrogen) atoms. The number of carbonyl (C=O) groups is 1. The highest BCUT2D eigenvalue weighted by molar-refractivity contribution is 5.71. The number of carbonyl (C=O) groups excluding carboxylic acids is 1. The van der Waals surface area contributed by atoms with E-state index in [9.17, 15) is 18.0 Å². The molecule has 6 heteroatoms. The van der Waals surface area contributed by atoms with Gasteiger partial charge in [0.2, 0.25) is 0 Å². The zero-order valence-electron chi connectivity index (χ0n) is 10.8. The van der Waals surface area contributed by atoms with E-state index in [1.807, 2.05) is 0 Å². The Balaban J connectivity index is 3.13. The average Bonchev–Trinajstić information content (AvgIpc) is 2.28. The van der Waals surface area contributed by atoms with E-state index >= 15 is 0 Å². The molecule has 2 N–H and O–H groups in total. The van der Waals surface area contributed by atoms with Crippen LogP contribution in [0.5, 0.6) is 0 Å². The number of esters is 1. The Labute approximate surface area is 109 Å². The molecule has 0 spiro atoms. The summed E-state index contributed by atoms with van der Waals surface area (Å²) in [7, 11) is 0. The quantitative estimate of drug-likeness (QED) is 0.678. The molecule has 1 aromatic rings. The number of halogens is 3. The van der Waals surface area contributed by atoms with E-state index in [2.05, 4.69) is 4.74 Å². The van der Waals surface area contributed by atoms with Crippen LogP contribution >= 0.6 is 0 Å². The molecule has 106 valence electrons. The fourth-order valence-corrected chi connectivity index (χ4v) is 1.72. The number of ether oxygens (including phenoxy) is 1. The topological polar surface area (TPSA) is 52.3 Å². The lowest BCUT2D eigenvalue weighted by Gasteiger charge is -2.31. The van der Waals surface area contributed by atoms with Crippen LogP contribution in [-0.4, -0.2) is 18.8 Å². The normalized spacial score (nSPS) is 14.8. The minimum atomic E-state index is -4.56. The molecule has 0 bridgehead atoms. The minimum Gasteiger partial charge on any atom is -0.466 e. The van der Waals surface area contributed by atoms with E-state index in [-0.39, 0.29) is 12.2 Å². The zero-order valence-corrected chi connectivity index (χ0v) is 10.8. The molecule has 1 rings (SSSR count). The molecule has 1 atom stereocenters. The molecule has 0 aliphatic carbocycles. The highest BCUT2D eigenvalue weighted by Gasteiger charge is 2.53. The van der Waals surface area contributed by atoms with E-state index in [4.69, 9.17) is 5.73 Å². The van der Waals surface area contributed by atoms with Crippen LogP contribution in [0, 0.1) is 0 Å². The number of nitrogen functional groups attached to an aromatic ring is 1. The summed E-state index contributed by atoms with van der Waals surface area (Å²) in [4.78, 5) is 11.4. The third-order valence-electron chi connectivity index (χ3n) is 2.98. The van der Waals surface area contributed by atoms with E-state index in [0.717, 1.165) is 6.92 Å². The second-order valence-corrected chi connectivity index (χ2v) is 4.43. The van der Waals surface area contributed by atoms with Gasteiger partial charge in [-0.2, -0.15) is 13.2 Å². The van der Waals surface area contributed by atoms with Crippen molar-refractivity contribution in [2.75, 3.05) is 12.3 Å². The number of benzene rings is 1. The molecule has 0 saturated heterocycles. The maximum atomic E-state index is 13.3. The van der Waals surface area contributed by atoms with Gasteiger partial charge in [-0.25, -0.2) is 0 Å². The lowest BCUT2D eigenvalue weighted by molar-refractivity contribution is -0.194. The van der Waals surface area contributed by atoms with Crippen molar-refractivity contribution in [3.8, 4) is 0 Å². The Morgan fingerprint density at radius 2 is 1.79 bits per heavy atom. The first kappa shape index (κ1) is 15.3. The predicted molar refractivity (Wildman–Crippen MR) is 65.5 cm³/mol. The van der Waals surface area contributed by atoms with Gasteiger partial charge in [0.05, 0.1) is 18.4 Å². The molecule has 0 aliphatic rings. The van der Waals surface area contributed by atoms with Crippen LogP contribution in [0.3, 0.4) is 0 Å². The van der Waals surface area contributed by atoms with Crippen LogP contribution < -0.4 is 5.73 Å². The number of hydrogen-bond acceptors (Lipinski definition) is 3. The summed E-state index contributed by atoms with van der Waals surface area (Å²) < 4.78 is 44.4. The van der Waals surface area contributed by atoms with Gasteiger partial charge in [0.15, 0.2) is 0 Å². The molecule has 3 nitrogen and oxygen atoms in total. The first-order chi connectivity index (χ1) is 8.70. The second kappa shape index (κ2) is 5.50. The van der Waals surface area contributed by atoms with Gasteiger partial charge in [-0.05, 0) is 31.5 Å². The Kier molecular flexibility index (Phi) is 4.44. The molecule has 1 unspecified atom stereocenters. The third kappa shape index (κ3) is 3.39. The van der Waals surface area contributed by atoms with Gasteiger partial charge < -0.3 is 10.5 Å². The van der Waals surface area contributed by atoms with Crippen LogP contribution in [0.1, 0.15) is 25.8 Å². The van der Waals surface area contributed by atoms with Crippen molar-refractivity contribution >= 4 is 11.7 Å². The van der Waals surface area contributed by atoms with Gasteiger partial charge >= 0.3 is 12.1 Å². The smallest absolute Gasteiger partial charge is 0.398 e. The fraction of sp³-hybridized carbons (Fsp3) is 0.462. The van der Waals surface area contributed by atoms with E-state index in [1.54, 1.807) is 6.92 Å². The van der Waals surface area contributed by atoms with E-state index < -0.39 is 24.0 Å². The summed E-state index contributed by atoms with van der Waals surface area (Å²) in [5.74, 6) is -0.876. The molecule has 1 aromatic carbocycles. The number of anilines is 1. The van der Waals surface area contributed by atoms with Crippen molar-refractivity contribution in [3.63, 3.8) is 0 Å². The van der Waals surface area contributed by atoms with Crippen LogP contribution in [-0.2, 0) is 14.9 Å². The summed E-state index contributed by atoms with van der Waals surface area (Å²) >= 11 is 0. The van der Waals surface area contributed by atoms with Gasteiger partial charge in [0.25, 0.3) is 0 Å². The maximum Gasteiger partial charge on any atom is 0.398 e. The minimum absolute atomic E-state index is 0.0118. The van der Waals surface area contributed by atoms with Crippen molar-refractivity contribution in [3.05, 3.63) is 29.8 Å². The summed E-state index contributed by atoms with van der Waals surface area (Å²) in [6.45, 7) is 2.58. The van der Waals surface area contributed by atoms with Crippen molar-refractivity contribution in [1.29, 1.82) is 0 Å². The van der Waals surface area contributed by atoms with Gasteiger partial charge in [0.1, 0.15) is 0 Å². The van der Waals surface area contributed by atoms with Crippen LogP contribution in [0.25, 0.3) is 0 Å². The number of nitrogens with two attached hydrogens (primary N) is 1. The molecule has 0 aliphatic heterocycles. The van der Waals surface area contributed by atoms with Crippen LogP contribution in [0.15, 0.2) is 24.3 Å². The summed E-state index contributed by atoms with van der Waals surface area (Å²) in [6.07, 6.45) is -5.32. The fourth-order valence-electron chi connectivity index (χ4n) is 1.72. The highest BCUT2D eigenvalue weighted by atomic mass is 19.4. The van der Waals surface area contributed by atoms with Crippen LogP contribution in [0.4, 0.5) is 18.9 Å². The first-order valence-electron chi connectivity index (χ1n) is 5.79. The molecule has 0 heterocycles. The van der Waals surface area contributed by atoms with Crippen molar-refractivity contribution in [1.82, 2.24) is 0 Å². The SMILES string of the molecule is CCOC(=O)CC(C)(c1ccc(N)cc1)C(F)(F)F. The van der Waals surface area contributed by atoms with Crippen LogP contribution in [0.2, 0.25) is 0 Å². The predicted octanol–water partition coefficient (Wildman–Crippen LogP) is 3.04. The summed E-state index contributed by atoms with van der Waals surface area (Å²) in [5, 5.41) is 0. The van der Waals surface area contributed by atoms with E-state index in [0.29, 0.717) is 5.69 Å². The summed E-state index contributed by atoms with van der Waals surface area (Å²) in [6, 6.07) is 5.32. The molecule has 0 aromatic heterocycles. The lowest BCUT2D eigenvalue weighted by Crippen LogP contribution is -2.41. The van der Waals surface area contributed by atoms with E-state index in [1.165, 1.54) is 24.3 Å². The first-order valence-corrected chi connectivity index (χ1v) is 5.79. The maximum absolute atomic E-state index is 13.3. The molecular formula is C13H16F3NO2. The molecular weight excluding hydrogens is 259 g/mol. The average molecular weight is 275 g/mol. The van der Waals surface area contributed by atoms with Gasteiger partial charge in [-0.15, -0.1) is 0 Å². The van der Waals surface area contributed by atoms with Crippen molar-refractivity contribution < 1.29 is 22.7 Å². The molecule has 0 saturated carbocycles. The highest BCUT2D eigenvalue weighted by Crippen LogP contribution is 2.43. The second-order valence-electron chi connectivity index (χ2n) is 4.43. The monoisotopic (exact) mass is 275 g/mol. The lowest BCUT2D eigenvalue weighted by atomic mass is 9.78. The Hall–Kier alpha value is -1.72. The van der Waals surface area contributed by atoms with Gasteiger partial charge in [0, 0.05) is 5.69 Å². The Morgan fingerprint density at radius 1 is 1.26 bits per heavy atom. The largest absolute Gasteiger partial charge is 0.466 e. The van der Waals surface area contributed by atoms with Gasteiger partial charge in [-0.3, -0.25) is 4.79 Å². The third-order valence-corrected chi connectivity index (χ3v) is 2.98. The number of rotatable bonds is 4. The van der Waals surface area contributed by atoms with Gasteiger partial charge in [-0.1, -0.05) is 12.1 Å². The Bertz CT molecular complexity index is 442. The van der Waals surface area contributed by atoms with Crippen molar-refractivity contribution in [2.45, 2.75) is 31.9 Å². The summed E-state index contributed by atoms with van der Waals surface area (Å²) in [5.41, 5.74) is 3.52. The van der Waals surface area contributed by atoms with Crippen molar-refractivity contribution in [2.24, 2.45) is 0 Å². The zero-order chi connectivity index (χ0) is 14.7. The molecule has 0 radical (unpaired) electrons.